The average molecular weight is 294 g/mol. The monoisotopic (exact) mass is 294 g/mol. The normalized spacial score (nSPS) is 28.5. The van der Waals surface area contributed by atoms with E-state index in [0.29, 0.717) is 12.1 Å². The number of nitrogens with one attached hydrogen (secondary N) is 2. The molecular weight excluding hydrogens is 260 g/mol. The maximum Gasteiger partial charge on any atom is 0.191 e. The zero-order valence-electron chi connectivity index (χ0n) is 14.4. The molecule has 1 atom stereocenters. The highest BCUT2D eigenvalue weighted by Crippen LogP contribution is 2.34. The highest BCUT2D eigenvalue weighted by Gasteiger charge is 2.32. The molecule has 2 N–H and O–H groups in total. The minimum absolute atomic E-state index is 0.604. The molecule has 0 radical (unpaired) electrons. The van der Waals surface area contributed by atoms with E-state index in [9.17, 15) is 0 Å². The van der Waals surface area contributed by atoms with Crippen LogP contribution in [0.1, 0.15) is 52.4 Å². The first kappa shape index (κ1) is 16.6. The predicted octanol–water partition coefficient (Wildman–Crippen LogP) is 2.46. The molecule has 21 heavy (non-hydrogen) atoms. The lowest BCUT2D eigenvalue weighted by molar-refractivity contribution is 0.271. The van der Waals surface area contributed by atoms with Crippen molar-refractivity contribution in [1.29, 1.82) is 0 Å². The number of likely N-dealkylation sites (N-methyl/N-ethyl adjacent to an activating group) is 1. The largest absolute Gasteiger partial charge is 0.357 e. The van der Waals surface area contributed by atoms with Crippen molar-refractivity contribution in [2.24, 2.45) is 16.8 Å². The zero-order valence-corrected chi connectivity index (χ0v) is 14.4. The summed E-state index contributed by atoms with van der Waals surface area (Å²) in [7, 11) is 4.36. The third kappa shape index (κ3) is 5.50. The second-order valence-corrected chi connectivity index (χ2v) is 7.19. The van der Waals surface area contributed by atoms with Crippen LogP contribution in [0.4, 0.5) is 0 Å². The Morgan fingerprint density at radius 1 is 1.14 bits per heavy atom. The van der Waals surface area contributed by atoms with Gasteiger partial charge in [0.05, 0.1) is 6.54 Å². The maximum atomic E-state index is 4.86. The standard InChI is InChI=1S/C17H34N4/c1-5-18-17(20-15-10-6-13(2)7-11-15)19-12-16(21(3)4)14-8-9-14/h13-16H,5-12H2,1-4H3,(H2,18,19,20). The van der Waals surface area contributed by atoms with E-state index >= 15 is 0 Å². The third-order valence-corrected chi connectivity index (χ3v) is 4.97. The molecule has 2 aliphatic rings. The Bertz CT molecular complexity index is 326. The molecule has 2 saturated carbocycles. The summed E-state index contributed by atoms with van der Waals surface area (Å²) >= 11 is 0. The first-order valence-corrected chi connectivity index (χ1v) is 8.81. The Morgan fingerprint density at radius 2 is 1.81 bits per heavy atom. The van der Waals surface area contributed by atoms with Crippen LogP contribution in [0.2, 0.25) is 0 Å². The number of nitrogens with zero attached hydrogens (tertiary/aromatic N) is 2. The molecular formula is C17H34N4. The van der Waals surface area contributed by atoms with Crippen LogP contribution in [0.5, 0.6) is 0 Å². The van der Waals surface area contributed by atoms with E-state index in [-0.39, 0.29) is 0 Å². The van der Waals surface area contributed by atoms with Crippen LogP contribution >= 0.6 is 0 Å². The van der Waals surface area contributed by atoms with Crippen LogP contribution in [-0.2, 0) is 0 Å². The van der Waals surface area contributed by atoms with Gasteiger partial charge in [0.1, 0.15) is 0 Å². The van der Waals surface area contributed by atoms with Gasteiger partial charge in [-0.2, -0.15) is 0 Å². The van der Waals surface area contributed by atoms with Crippen molar-refractivity contribution >= 4 is 5.96 Å². The number of hydrogen-bond acceptors (Lipinski definition) is 2. The molecule has 0 aliphatic heterocycles. The Balaban J connectivity index is 1.86. The Kier molecular flexibility index (Phi) is 6.34. The maximum absolute atomic E-state index is 4.86. The molecule has 0 aromatic rings. The number of rotatable bonds is 6. The minimum atomic E-state index is 0.604. The Morgan fingerprint density at radius 3 is 2.33 bits per heavy atom. The molecule has 2 fully saturated rings. The van der Waals surface area contributed by atoms with Crippen molar-refractivity contribution in [3.8, 4) is 0 Å². The van der Waals surface area contributed by atoms with Crippen molar-refractivity contribution in [3.63, 3.8) is 0 Å². The Labute approximate surface area is 130 Å². The van der Waals surface area contributed by atoms with E-state index in [4.69, 9.17) is 4.99 Å². The van der Waals surface area contributed by atoms with Crippen molar-refractivity contribution in [2.45, 2.75) is 64.5 Å². The zero-order chi connectivity index (χ0) is 15.2. The lowest BCUT2D eigenvalue weighted by atomic mass is 9.87. The molecule has 4 heteroatoms. The summed E-state index contributed by atoms with van der Waals surface area (Å²) in [6, 6.07) is 1.21. The van der Waals surface area contributed by atoms with Crippen molar-refractivity contribution in [3.05, 3.63) is 0 Å². The summed E-state index contributed by atoms with van der Waals surface area (Å²) in [6.07, 6.45) is 8.02. The van der Waals surface area contributed by atoms with Gasteiger partial charge in [-0.25, -0.2) is 0 Å². The lowest BCUT2D eigenvalue weighted by Gasteiger charge is -2.29. The molecule has 0 bridgehead atoms. The highest BCUT2D eigenvalue weighted by atomic mass is 15.2. The van der Waals surface area contributed by atoms with E-state index < -0.39 is 0 Å². The first-order chi connectivity index (χ1) is 10.1. The summed E-state index contributed by atoms with van der Waals surface area (Å²) in [5.74, 6) is 2.78. The number of aliphatic imine (C=N–C) groups is 1. The lowest BCUT2D eigenvalue weighted by Crippen LogP contribution is -2.45. The minimum Gasteiger partial charge on any atom is -0.357 e. The van der Waals surface area contributed by atoms with Crippen molar-refractivity contribution < 1.29 is 0 Å². The average Bonchev–Trinajstić information content (AvgIpc) is 3.26. The molecule has 0 aromatic heterocycles. The second kappa shape index (κ2) is 8.02. The van der Waals surface area contributed by atoms with E-state index in [2.05, 4.69) is 43.5 Å². The molecule has 0 amide bonds. The molecule has 2 aliphatic carbocycles. The van der Waals surface area contributed by atoms with E-state index in [1.54, 1.807) is 0 Å². The van der Waals surface area contributed by atoms with Gasteiger partial charge >= 0.3 is 0 Å². The fourth-order valence-corrected chi connectivity index (χ4v) is 3.32. The van der Waals surface area contributed by atoms with E-state index in [0.717, 1.165) is 30.9 Å². The molecule has 0 saturated heterocycles. The second-order valence-electron chi connectivity index (χ2n) is 7.19. The highest BCUT2D eigenvalue weighted by molar-refractivity contribution is 5.80. The summed E-state index contributed by atoms with van der Waals surface area (Å²) in [4.78, 5) is 7.20. The van der Waals surface area contributed by atoms with Gasteiger partial charge in [-0.05, 0) is 71.4 Å². The smallest absolute Gasteiger partial charge is 0.191 e. The Hall–Kier alpha value is -0.770. The van der Waals surface area contributed by atoms with Gasteiger partial charge in [0.15, 0.2) is 5.96 Å². The third-order valence-electron chi connectivity index (χ3n) is 4.97. The van der Waals surface area contributed by atoms with Gasteiger partial charge in [0.25, 0.3) is 0 Å². The van der Waals surface area contributed by atoms with Crippen LogP contribution in [0.15, 0.2) is 4.99 Å². The van der Waals surface area contributed by atoms with Crippen LogP contribution < -0.4 is 10.6 Å². The van der Waals surface area contributed by atoms with Crippen LogP contribution in [-0.4, -0.2) is 50.1 Å². The van der Waals surface area contributed by atoms with Gasteiger partial charge in [-0.1, -0.05) is 6.92 Å². The van der Waals surface area contributed by atoms with E-state index in [1.165, 1.54) is 38.5 Å². The predicted molar refractivity (Wildman–Crippen MR) is 90.7 cm³/mol. The van der Waals surface area contributed by atoms with Gasteiger partial charge in [0, 0.05) is 18.6 Å². The van der Waals surface area contributed by atoms with Crippen LogP contribution in [0.25, 0.3) is 0 Å². The molecule has 0 spiro atoms. The molecule has 1 unspecified atom stereocenters. The molecule has 2 rings (SSSR count). The summed E-state index contributed by atoms with van der Waals surface area (Å²) in [5.41, 5.74) is 0. The first-order valence-electron chi connectivity index (χ1n) is 8.81. The van der Waals surface area contributed by atoms with E-state index in [1.807, 2.05) is 0 Å². The summed E-state index contributed by atoms with van der Waals surface area (Å²) < 4.78 is 0. The quantitative estimate of drug-likeness (QED) is 0.584. The van der Waals surface area contributed by atoms with Gasteiger partial charge in [-0.15, -0.1) is 0 Å². The number of hydrogen-bond donors (Lipinski definition) is 2. The molecule has 0 aromatic carbocycles. The molecule has 0 heterocycles. The summed E-state index contributed by atoms with van der Waals surface area (Å²) in [5, 5.41) is 7.07. The van der Waals surface area contributed by atoms with Crippen molar-refractivity contribution in [1.82, 2.24) is 15.5 Å². The topological polar surface area (TPSA) is 39.7 Å². The molecule has 4 nitrogen and oxygen atoms in total. The van der Waals surface area contributed by atoms with Crippen LogP contribution in [0.3, 0.4) is 0 Å². The van der Waals surface area contributed by atoms with Crippen LogP contribution in [0, 0.1) is 11.8 Å². The van der Waals surface area contributed by atoms with Crippen molar-refractivity contribution in [2.75, 3.05) is 27.2 Å². The SMILES string of the molecule is CCNC(=NCC(C1CC1)N(C)C)NC1CCC(C)CC1. The number of guanidine groups is 1. The fraction of sp³-hybridized carbons (Fsp3) is 0.941. The molecule has 122 valence electrons. The van der Waals surface area contributed by atoms with Gasteiger partial charge in [-0.3, -0.25) is 4.99 Å². The summed E-state index contributed by atoms with van der Waals surface area (Å²) in [6.45, 7) is 6.36. The fourth-order valence-electron chi connectivity index (χ4n) is 3.32. The van der Waals surface area contributed by atoms with Gasteiger partial charge in [0.2, 0.25) is 0 Å². The van der Waals surface area contributed by atoms with Gasteiger partial charge < -0.3 is 15.5 Å².